The number of halogens is 1. The molecule has 0 bridgehead atoms. The topological polar surface area (TPSA) is 93.0 Å². The molecule has 4 rings (SSSR count). The second kappa shape index (κ2) is 9.61. The molecule has 0 unspecified atom stereocenters. The lowest BCUT2D eigenvalue weighted by molar-refractivity contribution is 0.0948. The Balaban J connectivity index is 0.00000256. The van der Waals surface area contributed by atoms with Crippen LogP contribution in [0.15, 0.2) is 54.6 Å². The van der Waals surface area contributed by atoms with E-state index in [-0.39, 0.29) is 18.3 Å². The van der Waals surface area contributed by atoms with Crippen molar-refractivity contribution < 1.29 is 9.53 Å². The van der Waals surface area contributed by atoms with E-state index in [1.807, 2.05) is 48.5 Å². The normalized spacial score (nSPS) is 10.7. The second-order valence-corrected chi connectivity index (χ2v) is 6.93. The van der Waals surface area contributed by atoms with E-state index in [1.165, 1.54) is 0 Å². The Morgan fingerprint density at radius 3 is 2.60 bits per heavy atom. The fraction of sp³-hybridized carbons (Fsp3) is 0.217. The molecule has 6 nitrogen and oxygen atoms in total. The predicted octanol–water partition coefficient (Wildman–Crippen LogP) is 4.28. The van der Waals surface area contributed by atoms with Crippen molar-refractivity contribution in [2.75, 3.05) is 20.2 Å². The van der Waals surface area contributed by atoms with E-state index in [2.05, 4.69) is 16.4 Å². The van der Waals surface area contributed by atoms with Crippen LogP contribution in [0.3, 0.4) is 0 Å². The smallest absolute Gasteiger partial charge is 0.269 e. The molecule has 2 heterocycles. The number of nitrogens with one attached hydrogen (secondary N) is 2. The van der Waals surface area contributed by atoms with E-state index in [1.54, 1.807) is 7.11 Å². The van der Waals surface area contributed by atoms with E-state index in [4.69, 9.17) is 15.5 Å². The number of unbranched alkanes of at least 4 members (excludes halogenated alkanes) is 1. The lowest BCUT2D eigenvalue weighted by Gasteiger charge is -2.09. The lowest BCUT2D eigenvalue weighted by atomic mass is 10.1. The van der Waals surface area contributed by atoms with Crippen LogP contribution in [0, 0.1) is 0 Å². The highest BCUT2D eigenvalue weighted by atomic mass is 35.5. The van der Waals surface area contributed by atoms with E-state index in [9.17, 15) is 4.79 Å². The Bertz CT molecular complexity index is 1160. The summed E-state index contributed by atoms with van der Waals surface area (Å²) in [5.41, 5.74) is 9.52. The number of hydrogen-bond donors (Lipinski definition) is 3. The number of hydrogen-bond acceptors (Lipinski definition) is 4. The van der Waals surface area contributed by atoms with Gasteiger partial charge in [-0.2, -0.15) is 0 Å². The van der Waals surface area contributed by atoms with Gasteiger partial charge in [-0.25, -0.2) is 4.98 Å². The minimum atomic E-state index is -0.177. The molecule has 7 heteroatoms. The number of nitrogens with zero attached hydrogens (tertiary/aromatic N) is 1. The number of aromatic amines is 1. The standard InChI is InChI=1S/C23H24N4O2.ClH/c1-29-16-10-8-15(9-11-16)21-22-18(17-6-2-3-7-19(17)26-22)14-20(27-21)23(28)25-13-5-4-12-24;/h2-3,6-11,14,26H,4-5,12-13,24H2,1H3,(H,25,28);1H. The van der Waals surface area contributed by atoms with Gasteiger partial charge in [0, 0.05) is 28.4 Å². The maximum atomic E-state index is 12.8. The molecule has 0 radical (unpaired) electrons. The van der Waals surface area contributed by atoms with Crippen LogP contribution in [0.2, 0.25) is 0 Å². The van der Waals surface area contributed by atoms with Crippen LogP contribution in [0.25, 0.3) is 33.1 Å². The monoisotopic (exact) mass is 424 g/mol. The summed E-state index contributed by atoms with van der Waals surface area (Å²) in [6, 6.07) is 17.6. The number of fused-ring (bicyclic) bond motifs is 3. The van der Waals surface area contributed by atoms with Crippen molar-refractivity contribution in [2.45, 2.75) is 12.8 Å². The molecule has 2 aromatic carbocycles. The maximum absolute atomic E-state index is 12.8. The summed E-state index contributed by atoms with van der Waals surface area (Å²) in [6.07, 6.45) is 1.73. The van der Waals surface area contributed by atoms with Crippen molar-refractivity contribution in [1.82, 2.24) is 15.3 Å². The van der Waals surface area contributed by atoms with Crippen LogP contribution >= 0.6 is 12.4 Å². The molecule has 30 heavy (non-hydrogen) atoms. The van der Waals surface area contributed by atoms with Crippen molar-refractivity contribution in [1.29, 1.82) is 0 Å². The summed E-state index contributed by atoms with van der Waals surface area (Å²) in [5.74, 6) is 0.597. The largest absolute Gasteiger partial charge is 0.497 e. The SMILES string of the molecule is COc1ccc(-c2nc(C(=O)NCCCCN)cc3c2[nH]c2ccccc23)cc1.Cl. The maximum Gasteiger partial charge on any atom is 0.269 e. The number of aromatic nitrogens is 2. The first-order valence-electron chi connectivity index (χ1n) is 9.75. The molecule has 4 N–H and O–H groups in total. The van der Waals surface area contributed by atoms with Crippen LogP contribution in [-0.4, -0.2) is 36.1 Å². The molecule has 0 fully saturated rings. The van der Waals surface area contributed by atoms with Crippen LogP contribution in [0.5, 0.6) is 5.75 Å². The zero-order valence-electron chi connectivity index (χ0n) is 16.8. The van der Waals surface area contributed by atoms with Gasteiger partial charge in [-0.05, 0) is 55.8 Å². The van der Waals surface area contributed by atoms with Crippen LogP contribution in [0.1, 0.15) is 23.3 Å². The number of carbonyl (C=O) groups is 1. The van der Waals surface area contributed by atoms with Gasteiger partial charge in [-0.15, -0.1) is 12.4 Å². The Labute approximate surface area is 181 Å². The summed E-state index contributed by atoms with van der Waals surface area (Å²) < 4.78 is 5.27. The molecule has 2 aromatic heterocycles. The molecule has 0 atom stereocenters. The molecule has 0 aliphatic rings. The Morgan fingerprint density at radius 1 is 1.10 bits per heavy atom. The Hall–Kier alpha value is -3.09. The van der Waals surface area contributed by atoms with E-state index in [0.717, 1.165) is 51.7 Å². The molecule has 0 aliphatic carbocycles. The summed E-state index contributed by atoms with van der Waals surface area (Å²) in [4.78, 5) is 20.9. The van der Waals surface area contributed by atoms with Crippen molar-refractivity contribution in [3.05, 3.63) is 60.3 Å². The zero-order valence-corrected chi connectivity index (χ0v) is 17.6. The predicted molar refractivity (Wildman–Crippen MR) is 123 cm³/mol. The Morgan fingerprint density at radius 2 is 1.87 bits per heavy atom. The van der Waals surface area contributed by atoms with Crippen LogP contribution in [-0.2, 0) is 0 Å². The summed E-state index contributed by atoms with van der Waals surface area (Å²) in [5, 5.41) is 5.00. The van der Waals surface area contributed by atoms with Gasteiger partial charge < -0.3 is 20.8 Å². The lowest BCUT2D eigenvalue weighted by Crippen LogP contribution is -2.25. The number of methoxy groups -OCH3 is 1. The Kier molecular flexibility index (Phi) is 6.92. The van der Waals surface area contributed by atoms with Gasteiger partial charge in [0.2, 0.25) is 0 Å². The van der Waals surface area contributed by atoms with Crippen molar-refractivity contribution in [3.8, 4) is 17.0 Å². The minimum absolute atomic E-state index is 0. The molecule has 0 saturated carbocycles. The van der Waals surface area contributed by atoms with Crippen molar-refractivity contribution in [2.24, 2.45) is 5.73 Å². The number of carbonyl (C=O) groups excluding carboxylic acids is 1. The number of para-hydroxylation sites is 1. The molecule has 0 spiro atoms. The third-order valence-electron chi connectivity index (χ3n) is 5.01. The summed E-state index contributed by atoms with van der Waals surface area (Å²) in [6.45, 7) is 1.21. The average Bonchev–Trinajstić information content (AvgIpc) is 3.15. The zero-order chi connectivity index (χ0) is 20.2. The summed E-state index contributed by atoms with van der Waals surface area (Å²) in [7, 11) is 1.64. The number of H-pyrrole nitrogens is 1. The highest BCUT2D eigenvalue weighted by Gasteiger charge is 2.17. The number of ether oxygens (including phenoxy) is 1. The molecule has 156 valence electrons. The fourth-order valence-corrected chi connectivity index (χ4v) is 3.48. The minimum Gasteiger partial charge on any atom is -0.497 e. The van der Waals surface area contributed by atoms with Gasteiger partial charge in [0.1, 0.15) is 11.4 Å². The van der Waals surface area contributed by atoms with Crippen LogP contribution in [0.4, 0.5) is 0 Å². The highest BCUT2D eigenvalue weighted by Crippen LogP contribution is 2.33. The number of nitrogens with two attached hydrogens (primary N) is 1. The fourth-order valence-electron chi connectivity index (χ4n) is 3.48. The van der Waals surface area contributed by atoms with Crippen LogP contribution < -0.4 is 15.8 Å². The van der Waals surface area contributed by atoms with Gasteiger partial charge in [0.05, 0.1) is 18.3 Å². The van der Waals surface area contributed by atoms with Gasteiger partial charge in [-0.1, -0.05) is 18.2 Å². The van der Waals surface area contributed by atoms with E-state index < -0.39 is 0 Å². The van der Waals surface area contributed by atoms with E-state index >= 15 is 0 Å². The second-order valence-electron chi connectivity index (χ2n) is 6.93. The van der Waals surface area contributed by atoms with Gasteiger partial charge in [0.25, 0.3) is 5.91 Å². The van der Waals surface area contributed by atoms with E-state index in [0.29, 0.717) is 18.8 Å². The third-order valence-corrected chi connectivity index (χ3v) is 5.01. The third kappa shape index (κ3) is 4.25. The molecular formula is C23H25ClN4O2. The van der Waals surface area contributed by atoms with Crippen molar-refractivity contribution >= 4 is 40.1 Å². The number of benzene rings is 2. The first-order valence-corrected chi connectivity index (χ1v) is 9.75. The average molecular weight is 425 g/mol. The van der Waals surface area contributed by atoms with Crippen molar-refractivity contribution in [3.63, 3.8) is 0 Å². The number of rotatable bonds is 7. The first kappa shape index (κ1) is 21.6. The number of amides is 1. The van der Waals surface area contributed by atoms with Gasteiger partial charge >= 0.3 is 0 Å². The molecule has 0 aliphatic heterocycles. The first-order chi connectivity index (χ1) is 14.2. The molecular weight excluding hydrogens is 400 g/mol. The quantitative estimate of drug-likeness (QED) is 0.386. The molecule has 0 saturated heterocycles. The number of pyridine rings is 1. The molecule has 4 aromatic rings. The van der Waals surface area contributed by atoms with Gasteiger partial charge in [0.15, 0.2) is 0 Å². The molecule has 1 amide bonds. The van der Waals surface area contributed by atoms with Gasteiger partial charge in [-0.3, -0.25) is 4.79 Å². The highest BCUT2D eigenvalue weighted by molar-refractivity contribution is 6.13. The summed E-state index contributed by atoms with van der Waals surface area (Å²) >= 11 is 0.